The Morgan fingerprint density at radius 2 is 2.04 bits per heavy atom. The SMILES string of the molecule is Cc1nn(C)c(C(=O)Nc2ccc(Cl)c(C(C)N)c2)c1C(F)(F)F. The molecule has 1 aromatic heterocycles. The van der Waals surface area contributed by atoms with E-state index in [4.69, 9.17) is 17.3 Å². The molecule has 0 aliphatic carbocycles. The van der Waals surface area contributed by atoms with Crippen molar-refractivity contribution in [1.82, 2.24) is 9.78 Å². The van der Waals surface area contributed by atoms with Crippen LogP contribution in [0.25, 0.3) is 0 Å². The summed E-state index contributed by atoms with van der Waals surface area (Å²) in [5.41, 5.74) is 4.77. The largest absolute Gasteiger partial charge is 0.420 e. The molecule has 0 saturated heterocycles. The average molecular weight is 361 g/mol. The summed E-state index contributed by atoms with van der Waals surface area (Å²) in [6.07, 6.45) is -4.68. The summed E-state index contributed by atoms with van der Waals surface area (Å²) in [5.74, 6) is -0.914. The van der Waals surface area contributed by atoms with Crippen LogP contribution in [0.5, 0.6) is 0 Å². The number of carbonyl (C=O) groups is 1. The van der Waals surface area contributed by atoms with E-state index in [0.29, 0.717) is 16.3 Å². The van der Waals surface area contributed by atoms with Crippen LogP contribution in [-0.4, -0.2) is 15.7 Å². The molecule has 0 aliphatic rings. The lowest BCUT2D eigenvalue weighted by Crippen LogP contribution is -2.21. The Morgan fingerprint density at radius 3 is 2.58 bits per heavy atom. The number of benzene rings is 1. The van der Waals surface area contributed by atoms with Gasteiger partial charge in [0, 0.05) is 23.8 Å². The minimum atomic E-state index is -4.68. The molecule has 3 N–H and O–H groups in total. The normalized spacial score (nSPS) is 13.0. The highest BCUT2D eigenvalue weighted by Gasteiger charge is 2.40. The maximum atomic E-state index is 13.2. The molecule has 5 nitrogen and oxygen atoms in total. The summed E-state index contributed by atoms with van der Waals surface area (Å²) in [6, 6.07) is 4.15. The Bertz CT molecular complexity index is 784. The second-order valence-corrected chi connectivity index (χ2v) is 5.82. The second kappa shape index (κ2) is 6.45. The molecule has 9 heteroatoms. The number of alkyl halides is 3. The Balaban J connectivity index is 2.40. The van der Waals surface area contributed by atoms with Gasteiger partial charge < -0.3 is 11.1 Å². The number of anilines is 1. The number of rotatable bonds is 3. The van der Waals surface area contributed by atoms with Gasteiger partial charge in [-0.1, -0.05) is 11.6 Å². The van der Waals surface area contributed by atoms with Crippen molar-refractivity contribution in [2.24, 2.45) is 12.8 Å². The topological polar surface area (TPSA) is 72.9 Å². The van der Waals surface area contributed by atoms with E-state index in [1.165, 1.54) is 32.2 Å². The van der Waals surface area contributed by atoms with Crippen molar-refractivity contribution in [3.05, 3.63) is 45.7 Å². The zero-order valence-electron chi connectivity index (χ0n) is 13.2. The molecule has 0 radical (unpaired) electrons. The quantitative estimate of drug-likeness (QED) is 0.877. The summed E-state index contributed by atoms with van der Waals surface area (Å²) in [4.78, 5) is 12.3. The third-order valence-electron chi connectivity index (χ3n) is 3.47. The van der Waals surface area contributed by atoms with E-state index in [2.05, 4.69) is 10.4 Å². The van der Waals surface area contributed by atoms with Gasteiger partial charge in [0.25, 0.3) is 5.91 Å². The van der Waals surface area contributed by atoms with E-state index >= 15 is 0 Å². The van der Waals surface area contributed by atoms with Crippen LogP contribution < -0.4 is 11.1 Å². The Labute approximate surface area is 141 Å². The number of carbonyl (C=O) groups excluding carboxylic acids is 1. The Kier molecular flexibility index (Phi) is 4.91. The van der Waals surface area contributed by atoms with Crippen LogP contribution in [0.15, 0.2) is 18.2 Å². The number of hydrogen-bond acceptors (Lipinski definition) is 3. The number of halogens is 4. The predicted molar refractivity (Wildman–Crippen MR) is 85.0 cm³/mol. The van der Waals surface area contributed by atoms with Crippen LogP contribution in [0.2, 0.25) is 5.02 Å². The van der Waals surface area contributed by atoms with Crippen molar-refractivity contribution < 1.29 is 18.0 Å². The molecule has 1 amide bonds. The molecular weight excluding hydrogens is 345 g/mol. The standard InChI is InChI=1S/C15H16ClF3N4O/c1-7(20)10-6-9(4-5-11(10)16)21-14(24)13-12(15(17,18)19)8(2)22-23(13)3/h4-7H,20H2,1-3H3,(H,21,24). The summed E-state index contributed by atoms with van der Waals surface area (Å²) in [7, 11) is 1.28. The zero-order chi connectivity index (χ0) is 18.2. The van der Waals surface area contributed by atoms with E-state index in [1.54, 1.807) is 6.92 Å². The molecule has 2 aromatic rings. The van der Waals surface area contributed by atoms with Crippen molar-refractivity contribution in [3.63, 3.8) is 0 Å². The van der Waals surface area contributed by atoms with Crippen LogP contribution >= 0.6 is 11.6 Å². The first-order valence-electron chi connectivity index (χ1n) is 6.99. The van der Waals surface area contributed by atoms with Gasteiger partial charge in [-0.3, -0.25) is 9.48 Å². The van der Waals surface area contributed by atoms with Crippen LogP contribution in [0.3, 0.4) is 0 Å². The molecule has 1 unspecified atom stereocenters. The lowest BCUT2D eigenvalue weighted by Gasteiger charge is -2.13. The van der Waals surface area contributed by atoms with Gasteiger partial charge >= 0.3 is 6.18 Å². The van der Waals surface area contributed by atoms with Gasteiger partial charge in [0.05, 0.1) is 5.69 Å². The molecule has 130 valence electrons. The lowest BCUT2D eigenvalue weighted by atomic mass is 10.1. The van der Waals surface area contributed by atoms with E-state index in [9.17, 15) is 18.0 Å². The predicted octanol–water partition coefficient (Wildman–Crippen LogP) is 3.67. The summed E-state index contributed by atoms with van der Waals surface area (Å²) in [5, 5.41) is 6.54. The molecule has 0 saturated carbocycles. The van der Waals surface area contributed by atoms with Crippen molar-refractivity contribution in [3.8, 4) is 0 Å². The highest BCUT2D eigenvalue weighted by atomic mass is 35.5. The second-order valence-electron chi connectivity index (χ2n) is 5.41. The summed E-state index contributed by atoms with van der Waals surface area (Å²) >= 11 is 6.00. The summed E-state index contributed by atoms with van der Waals surface area (Å²) in [6.45, 7) is 2.91. The van der Waals surface area contributed by atoms with Gasteiger partial charge in [0.2, 0.25) is 0 Å². The lowest BCUT2D eigenvalue weighted by molar-refractivity contribution is -0.138. The van der Waals surface area contributed by atoms with Gasteiger partial charge in [-0.15, -0.1) is 0 Å². The van der Waals surface area contributed by atoms with E-state index in [0.717, 1.165) is 4.68 Å². The highest BCUT2D eigenvalue weighted by Crippen LogP contribution is 2.34. The van der Waals surface area contributed by atoms with Crippen LogP contribution in [0.4, 0.5) is 18.9 Å². The van der Waals surface area contributed by atoms with Crippen molar-refractivity contribution in [2.75, 3.05) is 5.32 Å². The van der Waals surface area contributed by atoms with Crippen LogP contribution in [-0.2, 0) is 13.2 Å². The van der Waals surface area contributed by atoms with E-state index in [-0.39, 0.29) is 11.7 Å². The van der Waals surface area contributed by atoms with Gasteiger partial charge in [-0.2, -0.15) is 18.3 Å². The molecule has 1 aromatic carbocycles. The molecule has 0 bridgehead atoms. The Hall–Kier alpha value is -2.06. The highest BCUT2D eigenvalue weighted by molar-refractivity contribution is 6.31. The number of nitrogens with one attached hydrogen (secondary N) is 1. The summed E-state index contributed by atoms with van der Waals surface area (Å²) < 4.78 is 40.4. The third kappa shape index (κ3) is 3.54. The minimum Gasteiger partial charge on any atom is -0.324 e. The van der Waals surface area contributed by atoms with E-state index in [1.807, 2.05) is 0 Å². The average Bonchev–Trinajstić information content (AvgIpc) is 2.75. The molecule has 2 rings (SSSR count). The maximum absolute atomic E-state index is 13.2. The molecule has 1 heterocycles. The first-order chi connectivity index (χ1) is 11.0. The molecular formula is C15H16ClF3N4O. The molecule has 0 aliphatic heterocycles. The van der Waals surface area contributed by atoms with Gasteiger partial charge in [-0.05, 0) is 37.6 Å². The zero-order valence-corrected chi connectivity index (χ0v) is 14.0. The molecule has 24 heavy (non-hydrogen) atoms. The molecule has 0 fully saturated rings. The third-order valence-corrected chi connectivity index (χ3v) is 3.81. The number of hydrogen-bond donors (Lipinski definition) is 2. The number of nitrogens with two attached hydrogens (primary N) is 1. The Morgan fingerprint density at radius 1 is 1.42 bits per heavy atom. The van der Waals surface area contributed by atoms with Gasteiger partial charge in [0.1, 0.15) is 11.3 Å². The van der Waals surface area contributed by atoms with Crippen molar-refractivity contribution >= 4 is 23.2 Å². The number of amides is 1. The van der Waals surface area contributed by atoms with Crippen molar-refractivity contribution in [1.29, 1.82) is 0 Å². The first-order valence-corrected chi connectivity index (χ1v) is 7.37. The number of aromatic nitrogens is 2. The van der Waals surface area contributed by atoms with Gasteiger partial charge in [0.15, 0.2) is 0 Å². The fourth-order valence-electron chi connectivity index (χ4n) is 2.42. The van der Waals surface area contributed by atoms with Gasteiger partial charge in [-0.25, -0.2) is 0 Å². The number of nitrogens with zero attached hydrogens (tertiary/aromatic N) is 2. The van der Waals surface area contributed by atoms with Crippen LogP contribution in [0.1, 0.15) is 40.3 Å². The molecule has 1 atom stereocenters. The monoisotopic (exact) mass is 360 g/mol. The minimum absolute atomic E-state index is 0.262. The van der Waals surface area contributed by atoms with Crippen molar-refractivity contribution in [2.45, 2.75) is 26.1 Å². The van der Waals surface area contributed by atoms with Crippen LogP contribution in [0, 0.1) is 6.92 Å². The number of aryl methyl sites for hydroxylation is 2. The first kappa shape index (κ1) is 18.3. The fourth-order valence-corrected chi connectivity index (χ4v) is 2.71. The molecule has 0 spiro atoms. The van der Waals surface area contributed by atoms with E-state index < -0.39 is 23.3 Å². The fraction of sp³-hybridized carbons (Fsp3) is 0.333. The maximum Gasteiger partial charge on any atom is 0.420 e. The smallest absolute Gasteiger partial charge is 0.324 e.